The first-order valence-corrected chi connectivity index (χ1v) is 4.72. The van der Waals surface area contributed by atoms with Gasteiger partial charge in [-0.2, -0.15) is 0 Å². The van der Waals surface area contributed by atoms with E-state index < -0.39 is 6.04 Å². The number of azide groups is 1. The average molecular weight is 209 g/mol. The van der Waals surface area contributed by atoms with Crippen LogP contribution < -0.4 is 0 Å². The van der Waals surface area contributed by atoms with Crippen molar-refractivity contribution in [2.45, 2.75) is 33.2 Å². The van der Waals surface area contributed by atoms with Crippen LogP contribution in [0.15, 0.2) is 5.11 Å². The summed E-state index contributed by atoms with van der Waals surface area (Å²) in [4.78, 5) is 13.8. The maximum atomic E-state index is 11.1. The van der Waals surface area contributed by atoms with Crippen molar-refractivity contribution in [3.05, 3.63) is 10.4 Å². The third-order valence-corrected chi connectivity index (χ3v) is 1.62. The van der Waals surface area contributed by atoms with Gasteiger partial charge in [0.2, 0.25) is 0 Å². The summed E-state index contributed by atoms with van der Waals surface area (Å²) in [7, 11) is 0. The van der Waals surface area contributed by atoms with Crippen molar-refractivity contribution in [3.8, 4) is 11.8 Å². The normalized spacial score (nSPS) is 10.9. The molecule has 0 aromatic carbocycles. The van der Waals surface area contributed by atoms with Crippen LogP contribution in [0.1, 0.15) is 27.2 Å². The molecule has 0 saturated heterocycles. The van der Waals surface area contributed by atoms with E-state index in [-0.39, 0.29) is 18.5 Å². The Morgan fingerprint density at radius 3 is 2.73 bits per heavy atom. The van der Waals surface area contributed by atoms with Crippen LogP contribution in [0.3, 0.4) is 0 Å². The number of nitrogens with zero attached hydrogens (tertiary/aromatic N) is 3. The Morgan fingerprint density at radius 2 is 2.27 bits per heavy atom. The highest BCUT2D eigenvalue weighted by Crippen LogP contribution is 2.02. The van der Waals surface area contributed by atoms with Crippen LogP contribution >= 0.6 is 0 Å². The number of rotatable bonds is 5. The molecular formula is C10H15N3O2. The lowest BCUT2D eigenvalue weighted by atomic mass is 10.2. The minimum Gasteiger partial charge on any atom is -0.465 e. The second kappa shape index (κ2) is 7.72. The van der Waals surface area contributed by atoms with Crippen molar-refractivity contribution in [3.63, 3.8) is 0 Å². The van der Waals surface area contributed by atoms with Crippen LogP contribution in [0.4, 0.5) is 0 Å². The van der Waals surface area contributed by atoms with Crippen molar-refractivity contribution in [1.29, 1.82) is 0 Å². The third kappa shape index (κ3) is 6.42. The lowest BCUT2D eigenvalue weighted by Gasteiger charge is -2.10. The van der Waals surface area contributed by atoms with Gasteiger partial charge >= 0.3 is 5.97 Å². The van der Waals surface area contributed by atoms with Gasteiger partial charge < -0.3 is 4.74 Å². The highest BCUT2D eigenvalue weighted by molar-refractivity contribution is 5.71. The standard InChI is InChI=1S/C10H15N3O2/c1-4-5-6-9(12-13-11)7-15-10(14)8(2)3/h8-9H,6-7H2,1-3H3/t9-/m0/s1. The largest absolute Gasteiger partial charge is 0.465 e. The monoisotopic (exact) mass is 209 g/mol. The summed E-state index contributed by atoms with van der Waals surface area (Å²) in [6, 6.07) is -0.398. The first kappa shape index (κ1) is 13.3. The SMILES string of the molecule is CC#CC[C@@H](COC(=O)C(C)C)N=[N+]=[N-]. The first-order chi connectivity index (χ1) is 7.11. The van der Waals surface area contributed by atoms with Gasteiger partial charge in [0.05, 0.1) is 12.0 Å². The molecule has 0 unspecified atom stereocenters. The molecule has 1 atom stereocenters. The van der Waals surface area contributed by atoms with Gasteiger partial charge in [0.25, 0.3) is 0 Å². The molecular weight excluding hydrogens is 194 g/mol. The number of carbonyl (C=O) groups is 1. The highest BCUT2D eigenvalue weighted by atomic mass is 16.5. The fourth-order valence-electron chi connectivity index (χ4n) is 0.771. The van der Waals surface area contributed by atoms with Crippen LogP contribution in [-0.2, 0) is 9.53 Å². The maximum absolute atomic E-state index is 11.1. The zero-order chi connectivity index (χ0) is 11.7. The Balaban J connectivity index is 4.10. The van der Waals surface area contributed by atoms with Crippen LogP contribution in [-0.4, -0.2) is 18.6 Å². The van der Waals surface area contributed by atoms with Crippen molar-refractivity contribution >= 4 is 5.97 Å². The molecule has 0 fully saturated rings. The van der Waals surface area contributed by atoms with Crippen LogP contribution in [0, 0.1) is 17.8 Å². The van der Waals surface area contributed by atoms with E-state index in [0.29, 0.717) is 6.42 Å². The Labute approximate surface area is 89.4 Å². The number of esters is 1. The second-order valence-corrected chi connectivity index (χ2v) is 3.27. The fourth-order valence-corrected chi connectivity index (χ4v) is 0.771. The molecule has 0 spiro atoms. The third-order valence-electron chi connectivity index (χ3n) is 1.62. The summed E-state index contributed by atoms with van der Waals surface area (Å²) in [5.41, 5.74) is 8.28. The quantitative estimate of drug-likeness (QED) is 0.229. The molecule has 0 heterocycles. The number of carbonyl (C=O) groups excluding carboxylic acids is 1. The minimum atomic E-state index is -0.398. The average Bonchev–Trinajstić information content (AvgIpc) is 2.21. The smallest absolute Gasteiger partial charge is 0.308 e. The predicted octanol–water partition coefficient (Wildman–Crippen LogP) is 2.28. The molecule has 0 radical (unpaired) electrons. The molecule has 0 aliphatic heterocycles. The van der Waals surface area contributed by atoms with Crippen molar-refractivity contribution < 1.29 is 9.53 Å². The predicted molar refractivity (Wildman–Crippen MR) is 56.8 cm³/mol. The van der Waals surface area contributed by atoms with E-state index in [2.05, 4.69) is 21.9 Å². The molecule has 5 nitrogen and oxygen atoms in total. The zero-order valence-electron chi connectivity index (χ0n) is 9.23. The van der Waals surface area contributed by atoms with Gasteiger partial charge in [0, 0.05) is 11.3 Å². The first-order valence-electron chi connectivity index (χ1n) is 4.72. The van der Waals surface area contributed by atoms with Gasteiger partial charge in [0.15, 0.2) is 0 Å². The van der Waals surface area contributed by atoms with E-state index in [1.807, 2.05) is 0 Å². The van der Waals surface area contributed by atoms with Gasteiger partial charge in [-0.1, -0.05) is 19.0 Å². The molecule has 0 amide bonds. The summed E-state index contributed by atoms with van der Waals surface area (Å²) in [5.74, 6) is 5.01. The minimum absolute atomic E-state index is 0.0930. The molecule has 82 valence electrons. The molecule has 5 heteroatoms. The van der Waals surface area contributed by atoms with E-state index in [0.717, 1.165) is 0 Å². The summed E-state index contributed by atoms with van der Waals surface area (Å²) >= 11 is 0. The molecule has 0 aromatic heterocycles. The van der Waals surface area contributed by atoms with Crippen molar-refractivity contribution in [2.75, 3.05) is 6.61 Å². The lowest BCUT2D eigenvalue weighted by Crippen LogP contribution is -2.19. The van der Waals surface area contributed by atoms with E-state index >= 15 is 0 Å². The Kier molecular flexibility index (Phi) is 6.86. The van der Waals surface area contributed by atoms with Gasteiger partial charge in [-0.15, -0.1) is 11.8 Å². The van der Waals surface area contributed by atoms with Crippen molar-refractivity contribution in [2.24, 2.45) is 11.0 Å². The maximum Gasteiger partial charge on any atom is 0.308 e. The van der Waals surface area contributed by atoms with E-state index in [1.54, 1.807) is 20.8 Å². The molecule has 0 aliphatic carbocycles. The molecule has 0 aromatic rings. The Morgan fingerprint density at radius 1 is 1.60 bits per heavy atom. The van der Waals surface area contributed by atoms with Gasteiger partial charge in [-0.3, -0.25) is 4.79 Å². The van der Waals surface area contributed by atoms with Crippen LogP contribution in [0.2, 0.25) is 0 Å². The molecule has 15 heavy (non-hydrogen) atoms. The van der Waals surface area contributed by atoms with E-state index in [1.165, 1.54) is 0 Å². The lowest BCUT2D eigenvalue weighted by molar-refractivity contribution is -0.147. The van der Waals surface area contributed by atoms with Gasteiger partial charge in [-0.05, 0) is 12.5 Å². The molecule has 0 rings (SSSR count). The Hall–Kier alpha value is -1.66. The summed E-state index contributed by atoms with van der Waals surface area (Å²) < 4.78 is 4.94. The number of hydrogen-bond acceptors (Lipinski definition) is 3. The van der Waals surface area contributed by atoms with Crippen molar-refractivity contribution in [1.82, 2.24) is 0 Å². The second-order valence-electron chi connectivity index (χ2n) is 3.27. The number of hydrogen-bond donors (Lipinski definition) is 0. The molecule has 0 bridgehead atoms. The fraction of sp³-hybridized carbons (Fsp3) is 0.700. The Bertz CT molecular complexity index is 308. The molecule has 0 N–H and O–H groups in total. The number of ether oxygens (including phenoxy) is 1. The highest BCUT2D eigenvalue weighted by Gasteiger charge is 2.12. The van der Waals surface area contributed by atoms with Crippen LogP contribution in [0.5, 0.6) is 0 Å². The van der Waals surface area contributed by atoms with Crippen LogP contribution in [0.25, 0.3) is 10.4 Å². The van der Waals surface area contributed by atoms with Gasteiger partial charge in [-0.25, -0.2) is 0 Å². The summed E-state index contributed by atoms with van der Waals surface area (Å²) in [5, 5.41) is 3.49. The molecule has 0 aliphatic rings. The topological polar surface area (TPSA) is 75.1 Å². The zero-order valence-corrected chi connectivity index (χ0v) is 9.23. The summed E-state index contributed by atoms with van der Waals surface area (Å²) in [6.07, 6.45) is 0.409. The van der Waals surface area contributed by atoms with E-state index in [4.69, 9.17) is 10.3 Å². The van der Waals surface area contributed by atoms with E-state index in [9.17, 15) is 4.79 Å². The molecule has 0 saturated carbocycles. The summed E-state index contributed by atoms with van der Waals surface area (Å²) in [6.45, 7) is 5.29. The van der Waals surface area contributed by atoms with Gasteiger partial charge in [0.1, 0.15) is 6.61 Å².